The van der Waals surface area contributed by atoms with Crippen molar-refractivity contribution in [2.45, 2.75) is 6.92 Å². The Balaban J connectivity index is 2.19. The molecule has 0 aliphatic heterocycles. The summed E-state index contributed by atoms with van der Waals surface area (Å²) in [6, 6.07) is 8.21. The van der Waals surface area contributed by atoms with Gasteiger partial charge >= 0.3 is 0 Å². The molecule has 0 spiro atoms. The van der Waals surface area contributed by atoms with E-state index in [0.717, 1.165) is 20.7 Å². The number of imidazole rings is 1. The zero-order chi connectivity index (χ0) is 11.1. The van der Waals surface area contributed by atoms with Gasteiger partial charge in [0, 0.05) is 27.3 Å². The van der Waals surface area contributed by atoms with Crippen molar-refractivity contribution in [3.63, 3.8) is 0 Å². The fraction of sp³-hybridized carbons (Fsp3) is 0.0833. The van der Waals surface area contributed by atoms with Gasteiger partial charge < -0.3 is 0 Å². The van der Waals surface area contributed by atoms with Crippen molar-refractivity contribution in [2.24, 2.45) is 0 Å². The van der Waals surface area contributed by atoms with E-state index in [1.807, 2.05) is 12.1 Å². The summed E-state index contributed by atoms with van der Waals surface area (Å²) >= 11 is 5.15. The Bertz CT molecular complexity index is 654. The molecule has 0 bridgehead atoms. The third-order valence-corrected chi connectivity index (χ3v) is 3.96. The SMILES string of the molecule is Cc1csc2nc(-c3cccc(Br)c3)cn12. The summed E-state index contributed by atoms with van der Waals surface area (Å²) in [4.78, 5) is 5.65. The highest BCUT2D eigenvalue weighted by Gasteiger charge is 2.07. The molecular weight excluding hydrogens is 284 g/mol. The van der Waals surface area contributed by atoms with Crippen LogP contribution in [0.15, 0.2) is 40.3 Å². The topological polar surface area (TPSA) is 17.3 Å². The van der Waals surface area contributed by atoms with Crippen molar-refractivity contribution in [3.8, 4) is 11.3 Å². The predicted molar refractivity (Wildman–Crippen MR) is 70.9 cm³/mol. The van der Waals surface area contributed by atoms with E-state index in [0.29, 0.717) is 0 Å². The molecule has 4 heteroatoms. The normalized spacial score (nSPS) is 11.1. The number of thiazole rings is 1. The minimum atomic E-state index is 1.02. The first kappa shape index (κ1) is 10.1. The highest BCUT2D eigenvalue weighted by atomic mass is 79.9. The molecule has 80 valence electrons. The maximum Gasteiger partial charge on any atom is 0.194 e. The summed E-state index contributed by atoms with van der Waals surface area (Å²) in [5, 5.41) is 2.12. The van der Waals surface area contributed by atoms with Gasteiger partial charge in [-0.3, -0.25) is 4.40 Å². The van der Waals surface area contributed by atoms with E-state index in [2.05, 4.69) is 55.9 Å². The number of benzene rings is 1. The monoisotopic (exact) mass is 292 g/mol. The van der Waals surface area contributed by atoms with Crippen molar-refractivity contribution >= 4 is 32.2 Å². The van der Waals surface area contributed by atoms with E-state index in [9.17, 15) is 0 Å². The fourth-order valence-corrected chi connectivity index (χ4v) is 2.93. The van der Waals surface area contributed by atoms with Gasteiger partial charge in [0.05, 0.1) is 5.69 Å². The van der Waals surface area contributed by atoms with E-state index in [1.54, 1.807) is 11.3 Å². The number of hydrogen-bond acceptors (Lipinski definition) is 2. The van der Waals surface area contributed by atoms with Gasteiger partial charge in [-0.15, -0.1) is 11.3 Å². The second-order valence-electron chi connectivity index (χ2n) is 3.67. The number of fused-ring (bicyclic) bond motifs is 1. The second kappa shape index (κ2) is 3.71. The van der Waals surface area contributed by atoms with Crippen LogP contribution in [0.2, 0.25) is 0 Å². The third kappa shape index (κ3) is 1.58. The van der Waals surface area contributed by atoms with Crippen molar-refractivity contribution < 1.29 is 0 Å². The smallest absolute Gasteiger partial charge is 0.194 e. The number of hydrogen-bond donors (Lipinski definition) is 0. The molecule has 2 heterocycles. The fourth-order valence-electron chi connectivity index (χ4n) is 1.68. The van der Waals surface area contributed by atoms with Crippen LogP contribution in [0.5, 0.6) is 0 Å². The molecule has 2 nitrogen and oxygen atoms in total. The van der Waals surface area contributed by atoms with Gasteiger partial charge in [0.2, 0.25) is 0 Å². The summed E-state index contributed by atoms with van der Waals surface area (Å²) < 4.78 is 3.21. The lowest BCUT2D eigenvalue weighted by Gasteiger charge is -1.96. The molecule has 16 heavy (non-hydrogen) atoms. The van der Waals surface area contributed by atoms with Crippen LogP contribution < -0.4 is 0 Å². The number of nitrogens with zero attached hydrogens (tertiary/aromatic N) is 2. The zero-order valence-corrected chi connectivity index (χ0v) is 11.0. The van der Waals surface area contributed by atoms with Gasteiger partial charge in [-0.2, -0.15) is 0 Å². The van der Waals surface area contributed by atoms with E-state index in [4.69, 9.17) is 0 Å². The Kier molecular flexibility index (Phi) is 2.33. The molecule has 0 aliphatic rings. The Morgan fingerprint density at radius 2 is 2.25 bits per heavy atom. The van der Waals surface area contributed by atoms with Crippen LogP contribution in [0, 0.1) is 6.92 Å². The molecule has 0 N–H and O–H groups in total. The quantitative estimate of drug-likeness (QED) is 0.659. The number of aryl methyl sites for hydroxylation is 1. The molecule has 0 unspecified atom stereocenters. The van der Waals surface area contributed by atoms with E-state index < -0.39 is 0 Å². The van der Waals surface area contributed by atoms with Crippen LogP contribution in [0.4, 0.5) is 0 Å². The maximum absolute atomic E-state index is 4.61. The van der Waals surface area contributed by atoms with Crippen LogP contribution in [-0.4, -0.2) is 9.38 Å². The molecule has 0 aliphatic carbocycles. The molecule has 0 radical (unpaired) electrons. The largest absolute Gasteiger partial charge is 0.294 e. The number of halogens is 1. The first-order chi connectivity index (χ1) is 7.74. The Morgan fingerprint density at radius 1 is 1.38 bits per heavy atom. The standard InChI is InChI=1S/C12H9BrN2S/c1-8-7-16-12-14-11(6-15(8)12)9-3-2-4-10(13)5-9/h2-7H,1H3. The molecule has 0 amide bonds. The van der Waals surface area contributed by atoms with Crippen LogP contribution in [0.1, 0.15) is 5.69 Å². The highest BCUT2D eigenvalue weighted by molar-refractivity contribution is 9.10. The van der Waals surface area contributed by atoms with Gasteiger partial charge in [-0.25, -0.2) is 4.98 Å². The van der Waals surface area contributed by atoms with Crippen LogP contribution >= 0.6 is 27.3 Å². The molecule has 3 aromatic rings. The van der Waals surface area contributed by atoms with Gasteiger partial charge in [0.15, 0.2) is 4.96 Å². The lowest BCUT2D eigenvalue weighted by Crippen LogP contribution is -1.79. The summed E-state index contributed by atoms with van der Waals surface area (Å²) in [5.74, 6) is 0. The Hall–Kier alpha value is -1.13. The van der Waals surface area contributed by atoms with E-state index >= 15 is 0 Å². The van der Waals surface area contributed by atoms with Crippen molar-refractivity contribution in [3.05, 3.63) is 46.0 Å². The Morgan fingerprint density at radius 3 is 3.00 bits per heavy atom. The highest BCUT2D eigenvalue weighted by Crippen LogP contribution is 2.25. The Labute approximate surface area is 106 Å². The summed E-state index contributed by atoms with van der Waals surface area (Å²) in [7, 11) is 0. The van der Waals surface area contributed by atoms with E-state index in [-0.39, 0.29) is 0 Å². The first-order valence-corrected chi connectivity index (χ1v) is 6.60. The third-order valence-electron chi connectivity index (χ3n) is 2.51. The zero-order valence-electron chi connectivity index (χ0n) is 8.64. The molecule has 1 aromatic carbocycles. The van der Waals surface area contributed by atoms with Crippen LogP contribution in [0.25, 0.3) is 16.2 Å². The van der Waals surface area contributed by atoms with Crippen molar-refractivity contribution in [1.82, 2.24) is 9.38 Å². The minimum Gasteiger partial charge on any atom is -0.294 e. The average Bonchev–Trinajstić information content (AvgIpc) is 2.81. The lowest BCUT2D eigenvalue weighted by atomic mass is 10.2. The average molecular weight is 293 g/mol. The number of rotatable bonds is 1. The molecule has 2 aromatic heterocycles. The summed E-state index contributed by atoms with van der Waals surface area (Å²) in [6.45, 7) is 2.09. The minimum absolute atomic E-state index is 1.02. The van der Waals surface area contributed by atoms with Crippen LogP contribution in [-0.2, 0) is 0 Å². The van der Waals surface area contributed by atoms with Crippen molar-refractivity contribution in [2.75, 3.05) is 0 Å². The van der Waals surface area contributed by atoms with Gasteiger partial charge in [0.25, 0.3) is 0 Å². The summed E-state index contributed by atoms with van der Waals surface area (Å²) in [6.07, 6.45) is 2.09. The molecular formula is C12H9BrN2S. The second-order valence-corrected chi connectivity index (χ2v) is 5.42. The molecule has 0 saturated carbocycles. The molecule has 0 atom stereocenters. The lowest BCUT2D eigenvalue weighted by molar-refractivity contribution is 1.13. The van der Waals surface area contributed by atoms with Crippen molar-refractivity contribution in [1.29, 1.82) is 0 Å². The van der Waals surface area contributed by atoms with Gasteiger partial charge in [0.1, 0.15) is 0 Å². The predicted octanol–water partition coefficient (Wildman–Crippen LogP) is 4.13. The molecule has 0 fully saturated rings. The number of aromatic nitrogens is 2. The van der Waals surface area contributed by atoms with Crippen LogP contribution in [0.3, 0.4) is 0 Å². The van der Waals surface area contributed by atoms with E-state index in [1.165, 1.54) is 5.69 Å². The van der Waals surface area contributed by atoms with Gasteiger partial charge in [-0.05, 0) is 19.1 Å². The molecule has 0 saturated heterocycles. The molecule has 3 rings (SSSR count). The maximum atomic E-state index is 4.61. The summed E-state index contributed by atoms with van der Waals surface area (Å²) in [5.41, 5.74) is 3.40. The van der Waals surface area contributed by atoms with Gasteiger partial charge in [-0.1, -0.05) is 28.1 Å². The first-order valence-electron chi connectivity index (χ1n) is 4.93.